The summed E-state index contributed by atoms with van der Waals surface area (Å²) in [6.45, 7) is 8.22. The molecule has 3 nitrogen and oxygen atoms in total. The van der Waals surface area contributed by atoms with Crippen molar-refractivity contribution in [3.05, 3.63) is 34.4 Å². The summed E-state index contributed by atoms with van der Waals surface area (Å²) in [5.41, 5.74) is 5.52. The van der Waals surface area contributed by atoms with E-state index < -0.39 is 0 Å². The van der Waals surface area contributed by atoms with Gasteiger partial charge in [0.2, 0.25) is 0 Å². The molecule has 1 aromatic rings. The summed E-state index contributed by atoms with van der Waals surface area (Å²) in [7, 11) is 3.47. The summed E-state index contributed by atoms with van der Waals surface area (Å²) in [5, 5.41) is 0. The van der Waals surface area contributed by atoms with Crippen LogP contribution < -0.4 is 0 Å². The molecule has 106 valence electrons. The minimum absolute atomic E-state index is 0.144. The lowest BCUT2D eigenvalue weighted by Gasteiger charge is -2.17. The first-order valence-electron chi connectivity index (χ1n) is 6.76. The van der Waals surface area contributed by atoms with Crippen LogP contribution in [0.1, 0.15) is 28.7 Å². The van der Waals surface area contributed by atoms with Crippen LogP contribution in [0.15, 0.2) is 12.1 Å². The number of carbonyl (C=O) groups excluding carboxylic acids is 1. The van der Waals surface area contributed by atoms with E-state index in [0.717, 1.165) is 19.5 Å². The van der Waals surface area contributed by atoms with Gasteiger partial charge in [0.25, 0.3) is 0 Å². The molecule has 0 unspecified atom stereocenters. The van der Waals surface area contributed by atoms with Gasteiger partial charge < -0.3 is 9.64 Å². The summed E-state index contributed by atoms with van der Waals surface area (Å²) < 4.78 is 4.65. The van der Waals surface area contributed by atoms with E-state index in [1.165, 1.54) is 29.4 Å². The number of benzene rings is 1. The lowest BCUT2D eigenvalue weighted by atomic mass is 9.97. The minimum atomic E-state index is -0.144. The van der Waals surface area contributed by atoms with E-state index in [1.807, 2.05) is 7.05 Å². The number of rotatable bonds is 6. The van der Waals surface area contributed by atoms with Crippen molar-refractivity contribution >= 4 is 5.97 Å². The highest BCUT2D eigenvalue weighted by atomic mass is 16.5. The highest BCUT2D eigenvalue weighted by Crippen LogP contribution is 2.17. The Morgan fingerprint density at radius 2 is 1.84 bits per heavy atom. The molecule has 0 aliphatic rings. The molecule has 0 aliphatic heterocycles. The molecule has 0 aliphatic carbocycles. The van der Waals surface area contributed by atoms with Crippen molar-refractivity contribution in [2.75, 3.05) is 27.2 Å². The third-order valence-corrected chi connectivity index (χ3v) is 3.86. The summed E-state index contributed by atoms with van der Waals surface area (Å²) in [4.78, 5) is 13.3. The van der Waals surface area contributed by atoms with Crippen LogP contribution in [0.25, 0.3) is 0 Å². The molecule has 0 amide bonds. The molecule has 0 saturated heterocycles. The maximum Gasteiger partial charge on any atom is 0.306 e. The van der Waals surface area contributed by atoms with Gasteiger partial charge in [0, 0.05) is 13.1 Å². The fraction of sp³-hybridized carbons (Fsp3) is 0.562. The quantitative estimate of drug-likeness (QED) is 0.739. The Labute approximate surface area is 116 Å². The van der Waals surface area contributed by atoms with Gasteiger partial charge >= 0.3 is 5.97 Å². The lowest BCUT2D eigenvalue weighted by Crippen LogP contribution is -2.24. The third kappa shape index (κ3) is 4.67. The lowest BCUT2D eigenvalue weighted by molar-refractivity contribution is -0.140. The standard InChI is InChI=1S/C16H25NO2/c1-12-6-7-15(14(3)13(12)2)8-10-17(4)11-9-16(18)19-5/h6-7H,8-11H2,1-5H3. The fourth-order valence-electron chi connectivity index (χ4n) is 2.09. The van der Waals surface area contributed by atoms with Gasteiger partial charge in [-0.3, -0.25) is 4.79 Å². The van der Waals surface area contributed by atoms with Crippen molar-refractivity contribution in [1.82, 2.24) is 4.90 Å². The van der Waals surface area contributed by atoms with Crippen LogP contribution >= 0.6 is 0 Å². The summed E-state index contributed by atoms with van der Waals surface area (Å²) in [5.74, 6) is -0.144. The van der Waals surface area contributed by atoms with E-state index >= 15 is 0 Å². The number of ether oxygens (including phenoxy) is 1. The largest absolute Gasteiger partial charge is 0.469 e. The van der Waals surface area contributed by atoms with Gasteiger partial charge in [0.05, 0.1) is 13.5 Å². The number of esters is 1. The second-order valence-corrected chi connectivity index (χ2v) is 5.17. The fourth-order valence-corrected chi connectivity index (χ4v) is 2.09. The number of likely N-dealkylation sites (N-methyl/N-ethyl adjacent to an activating group) is 1. The molecule has 0 spiro atoms. The average molecular weight is 263 g/mol. The zero-order chi connectivity index (χ0) is 14.4. The molecular formula is C16H25NO2. The van der Waals surface area contributed by atoms with Crippen LogP contribution in [0.4, 0.5) is 0 Å². The minimum Gasteiger partial charge on any atom is -0.469 e. The molecular weight excluding hydrogens is 238 g/mol. The zero-order valence-electron chi connectivity index (χ0n) is 12.7. The Morgan fingerprint density at radius 3 is 2.47 bits per heavy atom. The highest BCUT2D eigenvalue weighted by Gasteiger charge is 2.07. The van der Waals surface area contributed by atoms with Crippen LogP contribution in [-0.2, 0) is 16.0 Å². The van der Waals surface area contributed by atoms with Crippen molar-refractivity contribution in [3.63, 3.8) is 0 Å². The number of carbonyl (C=O) groups is 1. The average Bonchev–Trinajstić information content (AvgIpc) is 2.41. The number of aryl methyl sites for hydroxylation is 1. The van der Waals surface area contributed by atoms with Crippen molar-refractivity contribution < 1.29 is 9.53 Å². The Hall–Kier alpha value is -1.35. The molecule has 1 aromatic carbocycles. The zero-order valence-corrected chi connectivity index (χ0v) is 12.7. The summed E-state index contributed by atoms with van der Waals surface area (Å²) in [6.07, 6.45) is 1.48. The molecule has 0 N–H and O–H groups in total. The predicted octanol–water partition coefficient (Wildman–Crippen LogP) is 2.65. The van der Waals surface area contributed by atoms with Gasteiger partial charge in [-0.25, -0.2) is 0 Å². The molecule has 0 fully saturated rings. The first-order chi connectivity index (χ1) is 8.95. The van der Waals surface area contributed by atoms with E-state index in [-0.39, 0.29) is 5.97 Å². The van der Waals surface area contributed by atoms with Gasteiger partial charge in [0.15, 0.2) is 0 Å². The van der Waals surface area contributed by atoms with Crippen LogP contribution in [0.2, 0.25) is 0 Å². The Bertz CT molecular complexity index is 441. The number of hydrogen-bond donors (Lipinski definition) is 0. The topological polar surface area (TPSA) is 29.5 Å². The maximum atomic E-state index is 11.1. The Kier molecular flexibility index (Phi) is 6.03. The highest BCUT2D eigenvalue weighted by molar-refractivity contribution is 5.69. The molecule has 0 bridgehead atoms. The van der Waals surface area contributed by atoms with E-state index in [1.54, 1.807) is 0 Å². The number of methoxy groups -OCH3 is 1. The Balaban J connectivity index is 2.48. The predicted molar refractivity (Wildman–Crippen MR) is 78.5 cm³/mol. The number of nitrogens with zero attached hydrogens (tertiary/aromatic N) is 1. The second kappa shape index (κ2) is 7.29. The Morgan fingerprint density at radius 1 is 1.16 bits per heavy atom. The van der Waals surface area contributed by atoms with E-state index in [0.29, 0.717) is 6.42 Å². The van der Waals surface area contributed by atoms with Gasteiger partial charge in [0.1, 0.15) is 0 Å². The van der Waals surface area contributed by atoms with Crippen molar-refractivity contribution in [2.24, 2.45) is 0 Å². The van der Waals surface area contributed by atoms with Gasteiger partial charge in [-0.1, -0.05) is 12.1 Å². The van der Waals surface area contributed by atoms with Crippen LogP contribution in [0.5, 0.6) is 0 Å². The second-order valence-electron chi connectivity index (χ2n) is 5.17. The van der Waals surface area contributed by atoms with Crippen molar-refractivity contribution in [3.8, 4) is 0 Å². The van der Waals surface area contributed by atoms with Crippen LogP contribution in [0.3, 0.4) is 0 Å². The molecule has 0 aromatic heterocycles. The van der Waals surface area contributed by atoms with Crippen LogP contribution in [0, 0.1) is 20.8 Å². The van der Waals surface area contributed by atoms with Gasteiger partial charge in [-0.05, 0) is 56.5 Å². The normalized spacial score (nSPS) is 10.8. The van der Waals surface area contributed by atoms with Gasteiger partial charge in [-0.15, -0.1) is 0 Å². The van der Waals surface area contributed by atoms with E-state index in [9.17, 15) is 4.79 Å². The van der Waals surface area contributed by atoms with Crippen molar-refractivity contribution in [2.45, 2.75) is 33.6 Å². The third-order valence-electron chi connectivity index (χ3n) is 3.86. The number of hydrogen-bond acceptors (Lipinski definition) is 3. The SMILES string of the molecule is COC(=O)CCN(C)CCc1ccc(C)c(C)c1C. The first kappa shape index (κ1) is 15.7. The summed E-state index contributed by atoms with van der Waals surface area (Å²) in [6, 6.07) is 4.40. The van der Waals surface area contributed by atoms with Crippen LogP contribution in [-0.4, -0.2) is 38.1 Å². The monoisotopic (exact) mass is 263 g/mol. The summed E-state index contributed by atoms with van der Waals surface area (Å²) >= 11 is 0. The molecule has 19 heavy (non-hydrogen) atoms. The first-order valence-corrected chi connectivity index (χ1v) is 6.76. The molecule has 0 heterocycles. The van der Waals surface area contributed by atoms with E-state index in [4.69, 9.17) is 0 Å². The molecule has 3 heteroatoms. The maximum absolute atomic E-state index is 11.1. The molecule has 0 saturated carbocycles. The molecule has 1 rings (SSSR count). The van der Waals surface area contributed by atoms with Gasteiger partial charge in [-0.2, -0.15) is 0 Å². The molecule has 0 radical (unpaired) electrons. The van der Waals surface area contributed by atoms with Crippen molar-refractivity contribution in [1.29, 1.82) is 0 Å². The molecule has 0 atom stereocenters. The van der Waals surface area contributed by atoms with E-state index in [2.05, 4.69) is 42.5 Å². The smallest absolute Gasteiger partial charge is 0.306 e.